The largest absolute Gasteiger partial charge is 0.507 e. The van der Waals surface area contributed by atoms with Crippen molar-refractivity contribution >= 4 is 8.81 Å². The molecule has 0 saturated heterocycles. The van der Waals surface area contributed by atoms with Crippen LogP contribution in [0.4, 0.5) is 0 Å². The maximum atomic E-state index is 10.7. The molecule has 7 nitrogen and oxygen atoms in total. The number of aromatic hydroxyl groups is 1. The van der Waals surface area contributed by atoms with Crippen molar-refractivity contribution in [1.82, 2.24) is 0 Å². The van der Waals surface area contributed by atoms with E-state index in [9.17, 15) is 15.5 Å². The molecule has 1 aliphatic heterocycles. The highest BCUT2D eigenvalue weighted by Gasteiger charge is 2.31. The van der Waals surface area contributed by atoms with Crippen LogP contribution in [0, 0.1) is 6.92 Å². The monoisotopic (exact) mass is 426 g/mol. The maximum Gasteiger partial charge on any atom is 0.185 e. The third-order valence-corrected chi connectivity index (χ3v) is 5.73. The van der Waals surface area contributed by atoms with Crippen LogP contribution < -0.4 is 4.74 Å². The number of phenols is 1. The fourth-order valence-electron chi connectivity index (χ4n) is 3.49. The smallest absolute Gasteiger partial charge is 0.185 e. The molecule has 0 bridgehead atoms. The topological polar surface area (TPSA) is 97.6 Å². The summed E-state index contributed by atoms with van der Waals surface area (Å²) in [5, 5.41) is 29.9. The number of rotatable bonds is 11. The van der Waals surface area contributed by atoms with E-state index in [1.807, 2.05) is 32.1 Å². The van der Waals surface area contributed by atoms with Gasteiger partial charge in [0.25, 0.3) is 0 Å². The second-order valence-electron chi connectivity index (χ2n) is 6.99. The van der Waals surface area contributed by atoms with Crippen molar-refractivity contribution in [3.05, 3.63) is 46.1 Å². The molecular formula is C21H31O7P. The van der Waals surface area contributed by atoms with Crippen LogP contribution in [0.3, 0.4) is 0 Å². The normalized spacial score (nSPS) is 18.1. The number of benzene rings is 1. The van der Waals surface area contributed by atoms with Gasteiger partial charge in [0.2, 0.25) is 0 Å². The third-order valence-electron chi connectivity index (χ3n) is 5.03. The number of hydrogen-bond acceptors (Lipinski definition) is 7. The molecule has 29 heavy (non-hydrogen) atoms. The van der Waals surface area contributed by atoms with Gasteiger partial charge in [-0.25, -0.2) is 4.89 Å². The summed E-state index contributed by atoms with van der Waals surface area (Å²) in [6, 6.07) is 0. The molecule has 3 atom stereocenters. The summed E-state index contributed by atoms with van der Waals surface area (Å²) in [5.74, 6) is 0.605. The van der Waals surface area contributed by atoms with Gasteiger partial charge < -0.3 is 24.2 Å². The standard InChI is InChI=1S/C21H31O7P/c1-13(11-15(28-24)7-5-6-10-29-26-4)8-9-16-19(22)18-17(12-27-21(18)23)14(2)20(16)25-3/h5-6,8,15,21-24,29H,7,9-12H2,1-4H3/b6-5+,13-8+. The van der Waals surface area contributed by atoms with Crippen LogP contribution in [0.25, 0.3) is 0 Å². The van der Waals surface area contributed by atoms with E-state index in [1.54, 1.807) is 14.2 Å². The minimum absolute atomic E-state index is 0.00775. The Morgan fingerprint density at radius 1 is 1.34 bits per heavy atom. The lowest BCUT2D eigenvalue weighted by Crippen LogP contribution is -2.10. The summed E-state index contributed by atoms with van der Waals surface area (Å²) in [6.45, 7) is 4.09. The van der Waals surface area contributed by atoms with Crippen LogP contribution in [0.5, 0.6) is 11.5 Å². The summed E-state index contributed by atoms with van der Waals surface area (Å²) in [5.41, 5.74) is 3.66. The van der Waals surface area contributed by atoms with Crippen molar-refractivity contribution < 1.29 is 34.4 Å². The van der Waals surface area contributed by atoms with Crippen LogP contribution in [0.1, 0.15) is 48.3 Å². The van der Waals surface area contributed by atoms with Crippen molar-refractivity contribution in [1.29, 1.82) is 0 Å². The minimum atomic E-state index is -1.13. The lowest BCUT2D eigenvalue weighted by molar-refractivity contribution is -0.277. The van der Waals surface area contributed by atoms with Crippen LogP contribution in [0.15, 0.2) is 23.8 Å². The Labute approximate surface area is 173 Å². The van der Waals surface area contributed by atoms with E-state index in [0.29, 0.717) is 44.9 Å². The zero-order valence-electron chi connectivity index (χ0n) is 17.4. The number of ether oxygens (including phenoxy) is 2. The van der Waals surface area contributed by atoms with Gasteiger partial charge in [-0.1, -0.05) is 23.8 Å². The number of hydrogen-bond donors (Lipinski definition) is 3. The van der Waals surface area contributed by atoms with Crippen molar-refractivity contribution in [3.63, 3.8) is 0 Å². The van der Waals surface area contributed by atoms with Gasteiger partial charge in [0.1, 0.15) is 11.5 Å². The molecule has 0 aromatic heterocycles. The van der Waals surface area contributed by atoms with E-state index in [1.165, 1.54) is 0 Å². The first kappa shape index (κ1) is 23.8. The number of phenolic OH excluding ortho intramolecular Hbond substituents is 1. The van der Waals surface area contributed by atoms with Gasteiger partial charge in [-0.15, -0.1) is 0 Å². The molecule has 3 N–H and O–H groups in total. The molecule has 2 rings (SSSR count). The summed E-state index contributed by atoms with van der Waals surface area (Å²) >= 11 is 0. The lowest BCUT2D eigenvalue weighted by Gasteiger charge is -2.18. The molecule has 1 aromatic rings. The van der Waals surface area contributed by atoms with Crippen molar-refractivity contribution in [3.8, 4) is 11.5 Å². The number of allylic oxidation sites excluding steroid dienone is 2. The van der Waals surface area contributed by atoms with E-state index in [-0.39, 0.29) is 18.5 Å². The van der Waals surface area contributed by atoms with E-state index in [0.717, 1.165) is 22.9 Å². The number of methoxy groups -OCH3 is 1. The quantitative estimate of drug-likeness (QED) is 0.161. The number of fused-ring (bicyclic) bond motifs is 1. The summed E-state index contributed by atoms with van der Waals surface area (Å²) in [6.07, 6.45) is 6.88. The molecule has 3 unspecified atom stereocenters. The van der Waals surface area contributed by atoms with E-state index in [4.69, 9.17) is 14.0 Å². The molecule has 0 radical (unpaired) electrons. The highest BCUT2D eigenvalue weighted by molar-refractivity contribution is 7.32. The Bertz CT molecular complexity index is 745. The molecule has 0 amide bonds. The number of aliphatic hydroxyl groups excluding tert-OH is 1. The second-order valence-corrected chi connectivity index (χ2v) is 8.09. The van der Waals surface area contributed by atoms with Gasteiger partial charge in [0.05, 0.1) is 25.4 Å². The molecule has 0 fully saturated rings. The highest BCUT2D eigenvalue weighted by Crippen LogP contribution is 2.45. The molecule has 162 valence electrons. The average molecular weight is 426 g/mol. The molecule has 0 spiro atoms. The van der Waals surface area contributed by atoms with E-state index >= 15 is 0 Å². The Morgan fingerprint density at radius 2 is 2.10 bits per heavy atom. The van der Waals surface area contributed by atoms with Gasteiger partial charge in [-0.2, -0.15) is 0 Å². The second kappa shape index (κ2) is 11.6. The Hall–Kier alpha value is -1.47. The summed E-state index contributed by atoms with van der Waals surface area (Å²) in [4.78, 5) is 4.60. The fraction of sp³-hybridized carbons (Fsp3) is 0.524. The van der Waals surface area contributed by atoms with Gasteiger partial charge in [-0.05, 0) is 44.2 Å². The van der Waals surface area contributed by atoms with Crippen molar-refractivity contribution in [2.24, 2.45) is 0 Å². The number of aliphatic hydroxyl groups is 1. The molecule has 1 heterocycles. The van der Waals surface area contributed by atoms with Crippen molar-refractivity contribution in [2.45, 2.75) is 52.1 Å². The Kier molecular flexibility index (Phi) is 9.56. The van der Waals surface area contributed by atoms with Crippen LogP contribution in [-0.2, 0) is 27.2 Å². The Balaban J connectivity index is 2.11. The zero-order valence-corrected chi connectivity index (χ0v) is 18.4. The van der Waals surface area contributed by atoms with E-state index < -0.39 is 6.29 Å². The minimum Gasteiger partial charge on any atom is -0.507 e. The van der Waals surface area contributed by atoms with Crippen LogP contribution >= 0.6 is 8.81 Å². The summed E-state index contributed by atoms with van der Waals surface area (Å²) in [7, 11) is 3.66. The maximum absolute atomic E-state index is 10.7. The third kappa shape index (κ3) is 6.01. The molecule has 1 aliphatic rings. The van der Waals surface area contributed by atoms with Gasteiger partial charge in [-0.3, -0.25) is 5.26 Å². The van der Waals surface area contributed by atoms with Crippen molar-refractivity contribution in [2.75, 3.05) is 20.4 Å². The average Bonchev–Trinajstić information content (AvgIpc) is 3.10. The Morgan fingerprint density at radius 3 is 2.76 bits per heavy atom. The molecule has 0 saturated carbocycles. The van der Waals surface area contributed by atoms with Gasteiger partial charge >= 0.3 is 0 Å². The zero-order chi connectivity index (χ0) is 21.4. The SMILES string of the molecule is COPC/C=C/CC(C/C(C)=C/Cc1c(O)c2c(c(C)c1OC)COC2O)OO. The highest BCUT2D eigenvalue weighted by atomic mass is 31.1. The fourth-order valence-corrected chi connectivity index (χ4v) is 3.92. The van der Waals surface area contributed by atoms with Crippen LogP contribution in [0.2, 0.25) is 0 Å². The van der Waals surface area contributed by atoms with E-state index in [2.05, 4.69) is 4.89 Å². The predicted octanol–water partition coefficient (Wildman–Crippen LogP) is 4.15. The van der Waals surface area contributed by atoms with Crippen LogP contribution in [-0.4, -0.2) is 42.0 Å². The first-order chi connectivity index (χ1) is 13.9. The first-order valence-electron chi connectivity index (χ1n) is 9.52. The summed E-state index contributed by atoms with van der Waals surface area (Å²) < 4.78 is 15.8. The van der Waals surface area contributed by atoms with Gasteiger partial charge in [0.15, 0.2) is 6.29 Å². The molecular weight excluding hydrogens is 395 g/mol. The molecule has 0 aliphatic carbocycles. The van der Waals surface area contributed by atoms with Gasteiger partial charge in [0, 0.05) is 27.6 Å². The lowest BCUT2D eigenvalue weighted by atomic mass is 9.94. The molecule has 8 heteroatoms. The molecule has 1 aromatic carbocycles. The predicted molar refractivity (Wildman–Crippen MR) is 113 cm³/mol. The first-order valence-corrected chi connectivity index (χ1v) is 10.6.